The van der Waals surface area contributed by atoms with Crippen molar-refractivity contribution in [1.29, 1.82) is 0 Å². The summed E-state index contributed by atoms with van der Waals surface area (Å²) in [6, 6.07) is 18.7. The normalized spacial score (nSPS) is 17.1. The van der Waals surface area contributed by atoms with Crippen LogP contribution in [0.4, 0.5) is 0 Å². The van der Waals surface area contributed by atoms with E-state index < -0.39 is 0 Å². The van der Waals surface area contributed by atoms with Gasteiger partial charge in [-0.05, 0) is 47.6 Å². The van der Waals surface area contributed by atoms with Gasteiger partial charge in [-0.3, -0.25) is 4.79 Å². The molecule has 0 saturated heterocycles. The summed E-state index contributed by atoms with van der Waals surface area (Å²) in [5.41, 5.74) is 5.58. The molecule has 0 unspecified atom stereocenters. The smallest absolute Gasteiger partial charge is 0.270 e. The van der Waals surface area contributed by atoms with Gasteiger partial charge < -0.3 is 9.88 Å². The Morgan fingerprint density at radius 2 is 1.88 bits per heavy atom. The maximum Gasteiger partial charge on any atom is 0.270 e. The second-order valence-electron chi connectivity index (χ2n) is 7.05. The molecule has 0 radical (unpaired) electrons. The minimum absolute atomic E-state index is 0.0835. The van der Waals surface area contributed by atoms with Crippen LogP contribution in [0.2, 0.25) is 0 Å². The molecule has 5 rings (SSSR count). The highest BCUT2D eigenvalue weighted by molar-refractivity contribution is 6.00. The lowest BCUT2D eigenvalue weighted by atomic mass is 10.1. The van der Waals surface area contributed by atoms with Gasteiger partial charge in [0.25, 0.3) is 5.91 Å². The molecule has 1 saturated carbocycles. The number of H-pyrrole nitrogens is 1. The van der Waals surface area contributed by atoms with Crippen LogP contribution < -0.4 is 0 Å². The molecule has 1 N–H and O–H groups in total. The van der Waals surface area contributed by atoms with Gasteiger partial charge in [0.05, 0.1) is 0 Å². The van der Waals surface area contributed by atoms with E-state index >= 15 is 0 Å². The summed E-state index contributed by atoms with van der Waals surface area (Å²) in [6.07, 6.45) is 4.69. The van der Waals surface area contributed by atoms with E-state index in [-0.39, 0.29) is 5.91 Å². The zero-order valence-corrected chi connectivity index (χ0v) is 14.0. The number of carbonyl (C=O) groups is 1. The topological polar surface area (TPSA) is 36.1 Å². The average Bonchev–Trinajstić information content (AvgIpc) is 3.21. The van der Waals surface area contributed by atoms with E-state index in [1.807, 2.05) is 29.2 Å². The van der Waals surface area contributed by atoms with Crippen LogP contribution in [0.25, 0.3) is 16.5 Å². The zero-order chi connectivity index (χ0) is 16.8. The second-order valence-corrected chi connectivity index (χ2v) is 7.05. The minimum Gasteiger partial charge on any atom is -0.351 e. The van der Waals surface area contributed by atoms with Gasteiger partial charge in [-0.15, -0.1) is 0 Å². The summed E-state index contributed by atoms with van der Waals surface area (Å²) in [5, 5.41) is 1.21. The maximum atomic E-state index is 13.0. The summed E-state index contributed by atoms with van der Waals surface area (Å²) in [7, 11) is 0. The number of fused-ring (bicyclic) bond motifs is 1. The molecule has 1 aliphatic carbocycles. The Morgan fingerprint density at radius 1 is 1.04 bits per heavy atom. The molecule has 2 aliphatic rings. The van der Waals surface area contributed by atoms with Crippen molar-refractivity contribution in [1.82, 2.24) is 9.88 Å². The first kappa shape index (κ1) is 14.5. The van der Waals surface area contributed by atoms with Gasteiger partial charge in [-0.2, -0.15) is 0 Å². The van der Waals surface area contributed by atoms with E-state index in [0.29, 0.717) is 24.7 Å². The molecule has 2 heterocycles. The van der Waals surface area contributed by atoms with Crippen molar-refractivity contribution in [3.05, 3.63) is 77.5 Å². The molecule has 2 aromatic carbocycles. The van der Waals surface area contributed by atoms with Crippen molar-refractivity contribution >= 4 is 22.4 Å². The summed E-state index contributed by atoms with van der Waals surface area (Å²) in [6.45, 7) is 1.35. The van der Waals surface area contributed by atoms with Gasteiger partial charge in [0.1, 0.15) is 5.69 Å². The van der Waals surface area contributed by atoms with Gasteiger partial charge in [0.2, 0.25) is 0 Å². The Morgan fingerprint density at radius 3 is 2.68 bits per heavy atom. The third kappa shape index (κ3) is 2.56. The number of amides is 1. The van der Waals surface area contributed by atoms with Crippen molar-refractivity contribution < 1.29 is 4.79 Å². The SMILES string of the molecule is O=C(c1cc2c(C3CC3)cccc2[nH]1)N1CC=C(c2ccccc2)C1. The van der Waals surface area contributed by atoms with E-state index in [0.717, 1.165) is 5.52 Å². The number of aromatic nitrogens is 1. The van der Waals surface area contributed by atoms with Crippen LogP contribution in [0.3, 0.4) is 0 Å². The number of aromatic amines is 1. The highest BCUT2D eigenvalue weighted by atomic mass is 16.2. The van der Waals surface area contributed by atoms with Crippen LogP contribution in [0, 0.1) is 0 Å². The fourth-order valence-corrected chi connectivity index (χ4v) is 3.79. The van der Waals surface area contributed by atoms with Crippen molar-refractivity contribution in [2.45, 2.75) is 18.8 Å². The van der Waals surface area contributed by atoms with Crippen LogP contribution in [-0.2, 0) is 0 Å². The van der Waals surface area contributed by atoms with E-state index in [1.54, 1.807) is 0 Å². The summed E-state index contributed by atoms with van der Waals surface area (Å²) in [4.78, 5) is 18.2. The molecule has 0 spiro atoms. The molecule has 1 aromatic heterocycles. The first-order valence-electron chi connectivity index (χ1n) is 8.95. The Hall–Kier alpha value is -2.81. The monoisotopic (exact) mass is 328 g/mol. The molecule has 1 aliphatic heterocycles. The molecule has 1 amide bonds. The highest BCUT2D eigenvalue weighted by Crippen LogP contribution is 2.43. The second kappa shape index (κ2) is 5.62. The van der Waals surface area contributed by atoms with Gasteiger partial charge in [-0.1, -0.05) is 48.5 Å². The van der Waals surface area contributed by atoms with Crippen molar-refractivity contribution in [3.63, 3.8) is 0 Å². The van der Waals surface area contributed by atoms with Crippen LogP contribution >= 0.6 is 0 Å². The lowest BCUT2D eigenvalue weighted by Gasteiger charge is -2.15. The third-order valence-electron chi connectivity index (χ3n) is 5.30. The number of carbonyl (C=O) groups excluding carboxylic acids is 1. The number of benzene rings is 2. The van der Waals surface area contributed by atoms with Crippen molar-refractivity contribution in [2.75, 3.05) is 13.1 Å². The molecular formula is C22H20N2O. The number of nitrogens with one attached hydrogen (secondary N) is 1. The molecular weight excluding hydrogens is 308 g/mol. The molecule has 0 bridgehead atoms. The van der Waals surface area contributed by atoms with Crippen LogP contribution in [-0.4, -0.2) is 28.9 Å². The summed E-state index contributed by atoms with van der Waals surface area (Å²) < 4.78 is 0. The van der Waals surface area contributed by atoms with Crippen molar-refractivity contribution in [2.24, 2.45) is 0 Å². The average molecular weight is 328 g/mol. The van der Waals surface area contributed by atoms with Crippen molar-refractivity contribution in [3.8, 4) is 0 Å². The van der Waals surface area contributed by atoms with Gasteiger partial charge in [-0.25, -0.2) is 0 Å². The summed E-state index contributed by atoms with van der Waals surface area (Å²) >= 11 is 0. The maximum absolute atomic E-state index is 13.0. The quantitative estimate of drug-likeness (QED) is 0.750. The Balaban J connectivity index is 1.40. The number of hydrogen-bond donors (Lipinski definition) is 1. The number of rotatable bonds is 3. The first-order valence-corrected chi connectivity index (χ1v) is 8.95. The van der Waals surface area contributed by atoms with Crippen LogP contribution in [0.1, 0.15) is 40.4 Å². The lowest BCUT2D eigenvalue weighted by Crippen LogP contribution is -2.29. The molecule has 124 valence electrons. The number of nitrogens with zero attached hydrogens (tertiary/aromatic N) is 1. The lowest BCUT2D eigenvalue weighted by molar-refractivity contribution is 0.0797. The first-order chi connectivity index (χ1) is 12.3. The number of hydrogen-bond acceptors (Lipinski definition) is 1. The molecule has 0 atom stereocenters. The zero-order valence-electron chi connectivity index (χ0n) is 14.0. The van der Waals surface area contributed by atoms with E-state index in [4.69, 9.17) is 0 Å². The summed E-state index contributed by atoms with van der Waals surface area (Å²) in [5.74, 6) is 0.765. The fourth-order valence-electron chi connectivity index (χ4n) is 3.79. The highest BCUT2D eigenvalue weighted by Gasteiger charge is 2.27. The Kier molecular flexibility index (Phi) is 3.27. The largest absolute Gasteiger partial charge is 0.351 e. The molecule has 3 heteroatoms. The van der Waals surface area contributed by atoms with Gasteiger partial charge in [0.15, 0.2) is 0 Å². The predicted octanol–water partition coefficient (Wildman–Crippen LogP) is 4.58. The van der Waals surface area contributed by atoms with E-state index in [1.165, 1.54) is 34.9 Å². The van der Waals surface area contributed by atoms with Crippen LogP contribution in [0.5, 0.6) is 0 Å². The van der Waals surface area contributed by atoms with Gasteiger partial charge >= 0.3 is 0 Å². The molecule has 25 heavy (non-hydrogen) atoms. The Labute approximate surface area is 147 Å². The van der Waals surface area contributed by atoms with Gasteiger partial charge in [0, 0.05) is 24.0 Å². The fraction of sp³-hybridized carbons (Fsp3) is 0.227. The molecule has 3 nitrogen and oxygen atoms in total. The van der Waals surface area contributed by atoms with Crippen LogP contribution in [0.15, 0.2) is 60.7 Å². The Bertz CT molecular complexity index is 980. The third-order valence-corrected chi connectivity index (χ3v) is 5.30. The predicted molar refractivity (Wildman–Crippen MR) is 101 cm³/mol. The molecule has 1 fully saturated rings. The molecule has 3 aromatic rings. The van der Waals surface area contributed by atoms with E-state index in [2.05, 4.69) is 41.4 Å². The standard InChI is InChI=1S/C22H20N2O/c25-22(24-12-11-17(14-24)15-5-2-1-3-6-15)21-13-19-18(16-9-10-16)7-4-8-20(19)23-21/h1-8,11,13,16,23H,9-10,12,14H2. The van der Waals surface area contributed by atoms with E-state index in [9.17, 15) is 4.79 Å². The minimum atomic E-state index is 0.0835.